The van der Waals surface area contributed by atoms with Crippen LogP contribution in [0.4, 0.5) is 9.57 Å². The average Bonchev–Trinajstić information content (AvgIpc) is 2.51. The summed E-state index contributed by atoms with van der Waals surface area (Å²) in [7, 11) is -4.73. The second kappa shape index (κ2) is 7.05. The van der Waals surface area contributed by atoms with Gasteiger partial charge in [0.2, 0.25) is 0 Å². The largest absolute Gasteiger partial charge is 0.490 e. The third-order valence-electron chi connectivity index (χ3n) is 2.75. The average molecular weight is 341 g/mol. The van der Waals surface area contributed by atoms with Crippen molar-refractivity contribution in [3.05, 3.63) is 58.6 Å². The molecule has 23 heavy (non-hydrogen) atoms. The van der Waals surface area contributed by atoms with E-state index in [-0.39, 0.29) is 18.9 Å². The van der Waals surface area contributed by atoms with E-state index in [2.05, 4.69) is 0 Å². The Kier molecular flexibility index (Phi) is 5.12. The SMILES string of the molecule is O=[N+]([O-])c1cccc(OCCOc2ccc(S(=O)(=O)F)cc2)c1. The van der Waals surface area contributed by atoms with E-state index in [9.17, 15) is 22.4 Å². The van der Waals surface area contributed by atoms with E-state index >= 15 is 0 Å². The van der Waals surface area contributed by atoms with E-state index in [1.165, 1.54) is 30.3 Å². The van der Waals surface area contributed by atoms with Gasteiger partial charge in [-0.3, -0.25) is 10.1 Å². The maximum atomic E-state index is 12.7. The van der Waals surface area contributed by atoms with Gasteiger partial charge in [0.1, 0.15) is 24.7 Å². The van der Waals surface area contributed by atoms with Gasteiger partial charge in [-0.25, -0.2) is 0 Å². The minimum atomic E-state index is -4.73. The molecular formula is C14H12FNO6S. The number of non-ortho nitro benzene ring substituents is 1. The number of rotatable bonds is 7. The first-order valence-corrected chi connectivity index (χ1v) is 7.79. The lowest BCUT2D eigenvalue weighted by molar-refractivity contribution is -0.384. The molecule has 2 rings (SSSR count). The standard InChI is InChI=1S/C14H12FNO6S/c15-23(19,20)14-6-4-12(5-7-14)21-8-9-22-13-3-1-2-11(10-13)16(17)18/h1-7,10H,8-9H2. The third kappa shape index (κ3) is 4.92. The molecule has 2 aromatic rings. The van der Waals surface area contributed by atoms with Crippen molar-refractivity contribution in [2.24, 2.45) is 0 Å². The highest BCUT2D eigenvalue weighted by molar-refractivity contribution is 7.86. The summed E-state index contributed by atoms with van der Waals surface area (Å²) in [4.78, 5) is 9.65. The molecule has 0 saturated carbocycles. The molecule has 0 heterocycles. The molecule has 9 heteroatoms. The van der Waals surface area contributed by atoms with Gasteiger partial charge < -0.3 is 9.47 Å². The van der Waals surface area contributed by atoms with Crippen LogP contribution in [0.1, 0.15) is 0 Å². The van der Waals surface area contributed by atoms with Crippen LogP contribution in [-0.2, 0) is 10.2 Å². The van der Waals surface area contributed by atoms with Gasteiger partial charge in [0.15, 0.2) is 0 Å². The molecule has 0 aliphatic heterocycles. The molecule has 0 N–H and O–H groups in total. The van der Waals surface area contributed by atoms with Crippen LogP contribution in [0.3, 0.4) is 0 Å². The van der Waals surface area contributed by atoms with Crippen molar-refractivity contribution in [1.29, 1.82) is 0 Å². The molecule has 0 bridgehead atoms. The molecular weight excluding hydrogens is 329 g/mol. The maximum absolute atomic E-state index is 12.7. The topological polar surface area (TPSA) is 95.7 Å². The molecule has 122 valence electrons. The zero-order valence-corrected chi connectivity index (χ0v) is 12.5. The number of hydrogen-bond acceptors (Lipinski definition) is 6. The Bertz CT molecular complexity index is 791. The summed E-state index contributed by atoms with van der Waals surface area (Å²) in [5, 5.41) is 10.6. The molecule has 2 aromatic carbocycles. The Morgan fingerprint density at radius 3 is 2.17 bits per heavy atom. The van der Waals surface area contributed by atoms with Crippen molar-refractivity contribution in [2.45, 2.75) is 4.90 Å². The quantitative estimate of drug-likeness (QED) is 0.332. The van der Waals surface area contributed by atoms with Gasteiger partial charge in [-0.2, -0.15) is 8.42 Å². The number of benzene rings is 2. The van der Waals surface area contributed by atoms with E-state index in [0.717, 1.165) is 12.1 Å². The highest BCUT2D eigenvalue weighted by Gasteiger charge is 2.11. The molecule has 0 fully saturated rings. The van der Waals surface area contributed by atoms with Gasteiger partial charge >= 0.3 is 10.2 Å². The minimum Gasteiger partial charge on any atom is -0.490 e. The van der Waals surface area contributed by atoms with Crippen LogP contribution in [0.5, 0.6) is 11.5 Å². The van der Waals surface area contributed by atoms with Gasteiger partial charge in [0, 0.05) is 6.07 Å². The normalized spacial score (nSPS) is 11.0. The van der Waals surface area contributed by atoms with Crippen molar-refractivity contribution in [2.75, 3.05) is 13.2 Å². The zero-order valence-electron chi connectivity index (χ0n) is 11.7. The smallest absolute Gasteiger partial charge is 0.332 e. The van der Waals surface area contributed by atoms with E-state index in [4.69, 9.17) is 9.47 Å². The Balaban J connectivity index is 1.84. The molecule has 0 aliphatic carbocycles. The first-order chi connectivity index (χ1) is 10.9. The Morgan fingerprint density at radius 1 is 1.00 bits per heavy atom. The lowest BCUT2D eigenvalue weighted by atomic mass is 10.3. The highest BCUT2D eigenvalue weighted by Crippen LogP contribution is 2.20. The van der Waals surface area contributed by atoms with Crippen molar-refractivity contribution in [3.63, 3.8) is 0 Å². The number of nitro benzene ring substituents is 1. The van der Waals surface area contributed by atoms with Gasteiger partial charge in [0.25, 0.3) is 5.69 Å². The third-order valence-corrected chi connectivity index (χ3v) is 3.59. The van der Waals surface area contributed by atoms with Crippen LogP contribution in [0.15, 0.2) is 53.4 Å². The number of ether oxygens (including phenoxy) is 2. The second-order valence-corrected chi connectivity index (χ2v) is 5.71. The van der Waals surface area contributed by atoms with Gasteiger partial charge in [-0.15, -0.1) is 3.89 Å². The molecule has 0 aliphatic rings. The number of halogens is 1. The van der Waals surface area contributed by atoms with Crippen LogP contribution in [0, 0.1) is 10.1 Å². The summed E-state index contributed by atoms with van der Waals surface area (Å²) < 4.78 is 44.6. The Hall–Kier alpha value is -2.68. The van der Waals surface area contributed by atoms with E-state index in [1.807, 2.05) is 0 Å². The molecule has 0 unspecified atom stereocenters. The molecule has 0 amide bonds. The van der Waals surface area contributed by atoms with Crippen molar-refractivity contribution >= 4 is 15.9 Å². The number of nitrogens with zero attached hydrogens (tertiary/aromatic N) is 1. The Labute approximate surface area is 131 Å². The summed E-state index contributed by atoms with van der Waals surface area (Å²) in [5.74, 6) is 0.682. The summed E-state index contributed by atoms with van der Waals surface area (Å²) in [6, 6.07) is 10.5. The molecule has 0 atom stereocenters. The van der Waals surface area contributed by atoms with Crippen molar-refractivity contribution in [3.8, 4) is 11.5 Å². The second-order valence-electron chi connectivity index (χ2n) is 4.36. The van der Waals surface area contributed by atoms with E-state index in [1.54, 1.807) is 6.07 Å². The maximum Gasteiger partial charge on any atom is 0.332 e. The van der Waals surface area contributed by atoms with E-state index < -0.39 is 20.0 Å². The lowest BCUT2D eigenvalue weighted by Crippen LogP contribution is -2.09. The summed E-state index contributed by atoms with van der Waals surface area (Å²) in [6.07, 6.45) is 0. The number of hydrogen-bond donors (Lipinski definition) is 0. The minimum absolute atomic E-state index is 0.0774. The molecule has 0 radical (unpaired) electrons. The van der Waals surface area contributed by atoms with Crippen LogP contribution in [0.25, 0.3) is 0 Å². The Morgan fingerprint density at radius 2 is 1.61 bits per heavy atom. The van der Waals surface area contributed by atoms with E-state index in [0.29, 0.717) is 11.5 Å². The fraction of sp³-hybridized carbons (Fsp3) is 0.143. The molecule has 0 saturated heterocycles. The fourth-order valence-corrected chi connectivity index (χ4v) is 2.17. The highest BCUT2D eigenvalue weighted by atomic mass is 32.3. The van der Waals surface area contributed by atoms with Crippen LogP contribution < -0.4 is 9.47 Å². The number of nitro groups is 1. The summed E-state index contributed by atoms with van der Waals surface area (Å²) in [5.41, 5.74) is -0.0774. The van der Waals surface area contributed by atoms with Gasteiger partial charge in [-0.1, -0.05) is 6.07 Å². The first-order valence-electron chi connectivity index (χ1n) is 6.41. The molecule has 0 aromatic heterocycles. The lowest BCUT2D eigenvalue weighted by Gasteiger charge is -2.08. The predicted molar refractivity (Wildman–Crippen MR) is 78.8 cm³/mol. The van der Waals surface area contributed by atoms with Gasteiger partial charge in [-0.05, 0) is 30.3 Å². The fourth-order valence-electron chi connectivity index (χ4n) is 1.70. The van der Waals surface area contributed by atoms with Crippen LogP contribution in [-0.4, -0.2) is 26.6 Å². The van der Waals surface area contributed by atoms with Crippen molar-refractivity contribution < 1.29 is 26.7 Å². The molecule has 0 spiro atoms. The van der Waals surface area contributed by atoms with Gasteiger partial charge in [0.05, 0.1) is 15.9 Å². The van der Waals surface area contributed by atoms with Crippen LogP contribution >= 0.6 is 0 Å². The summed E-state index contributed by atoms with van der Waals surface area (Å²) >= 11 is 0. The summed E-state index contributed by atoms with van der Waals surface area (Å²) in [6.45, 7) is 0.259. The monoisotopic (exact) mass is 341 g/mol. The zero-order chi connectivity index (χ0) is 16.9. The predicted octanol–water partition coefficient (Wildman–Crippen LogP) is 2.71. The molecule has 7 nitrogen and oxygen atoms in total. The van der Waals surface area contributed by atoms with Crippen molar-refractivity contribution in [1.82, 2.24) is 0 Å². The van der Waals surface area contributed by atoms with Crippen LogP contribution in [0.2, 0.25) is 0 Å². The first kappa shape index (κ1) is 16.7.